The van der Waals surface area contributed by atoms with Crippen LogP contribution in [0, 0.1) is 10.1 Å². The largest absolute Gasteiger partial charge is 0.493 e. The lowest BCUT2D eigenvalue weighted by atomic mass is 10.2. The molecule has 106 valence electrons. The number of nitrogens with two attached hydrogens (primary N) is 1. The number of nitro groups is 1. The Morgan fingerprint density at radius 1 is 1.42 bits per heavy atom. The predicted octanol–water partition coefficient (Wildman–Crippen LogP) is 0.867. The first-order chi connectivity index (χ1) is 8.83. The summed E-state index contributed by atoms with van der Waals surface area (Å²) in [6.45, 7) is 0.334. The van der Waals surface area contributed by atoms with Gasteiger partial charge in [0.25, 0.3) is 5.69 Å². The summed E-state index contributed by atoms with van der Waals surface area (Å²) >= 11 is 0. The van der Waals surface area contributed by atoms with Gasteiger partial charge < -0.3 is 10.5 Å². The fourth-order valence-corrected chi connectivity index (χ4v) is 2.13. The minimum Gasteiger partial charge on any atom is -0.493 e. The van der Waals surface area contributed by atoms with Gasteiger partial charge in [0.2, 0.25) is 0 Å². The molecular weight excluding hydrogens is 272 g/mol. The molecule has 8 heteroatoms. The van der Waals surface area contributed by atoms with Crippen molar-refractivity contribution in [3.05, 3.63) is 33.9 Å². The third kappa shape index (κ3) is 5.23. The van der Waals surface area contributed by atoms with Gasteiger partial charge in [0.1, 0.15) is 15.6 Å². The minimum absolute atomic E-state index is 0.0396. The van der Waals surface area contributed by atoms with Gasteiger partial charge in [-0.25, -0.2) is 8.42 Å². The van der Waals surface area contributed by atoms with Crippen molar-refractivity contribution in [3.8, 4) is 5.75 Å². The molecule has 1 aromatic carbocycles. The number of nitro benzene ring substituents is 1. The van der Waals surface area contributed by atoms with Crippen molar-refractivity contribution in [1.29, 1.82) is 0 Å². The first-order valence-corrected chi connectivity index (χ1v) is 7.67. The van der Waals surface area contributed by atoms with E-state index in [1.807, 2.05) is 0 Å². The average Bonchev–Trinajstić information content (AvgIpc) is 2.33. The molecule has 0 saturated carbocycles. The van der Waals surface area contributed by atoms with Crippen LogP contribution in [0.2, 0.25) is 0 Å². The van der Waals surface area contributed by atoms with Gasteiger partial charge >= 0.3 is 0 Å². The first-order valence-electron chi connectivity index (χ1n) is 5.61. The summed E-state index contributed by atoms with van der Waals surface area (Å²) in [6, 6.07) is 4.15. The summed E-state index contributed by atoms with van der Waals surface area (Å²) < 4.78 is 27.3. The molecule has 0 unspecified atom stereocenters. The monoisotopic (exact) mass is 288 g/mol. The number of non-ortho nitro benzene ring substituents is 1. The van der Waals surface area contributed by atoms with Crippen molar-refractivity contribution in [2.75, 3.05) is 18.6 Å². The van der Waals surface area contributed by atoms with Gasteiger partial charge in [-0.3, -0.25) is 10.1 Å². The number of nitrogens with zero attached hydrogens (tertiary/aromatic N) is 1. The van der Waals surface area contributed by atoms with Gasteiger partial charge in [0.05, 0.1) is 17.3 Å². The highest BCUT2D eigenvalue weighted by Gasteiger charge is 2.11. The second kappa shape index (κ2) is 6.48. The zero-order valence-corrected chi connectivity index (χ0v) is 11.4. The Kier molecular flexibility index (Phi) is 5.25. The Morgan fingerprint density at radius 3 is 2.63 bits per heavy atom. The van der Waals surface area contributed by atoms with E-state index >= 15 is 0 Å². The standard InChI is InChI=1S/C11H16N2O5S/c1-19(16,17)6-2-5-18-11-4-3-10(13(14)15)7-9(11)8-12/h3-4,7H,2,5-6,8,12H2,1H3. The lowest BCUT2D eigenvalue weighted by Crippen LogP contribution is -2.09. The number of sulfone groups is 1. The number of hydrogen-bond acceptors (Lipinski definition) is 6. The predicted molar refractivity (Wildman–Crippen MR) is 70.8 cm³/mol. The summed E-state index contributed by atoms with van der Waals surface area (Å²) in [4.78, 5) is 10.1. The van der Waals surface area contributed by atoms with Crippen LogP contribution in [-0.4, -0.2) is 32.0 Å². The minimum atomic E-state index is -3.01. The van der Waals surface area contributed by atoms with Gasteiger partial charge in [0.15, 0.2) is 0 Å². The molecule has 0 radical (unpaired) electrons. The Morgan fingerprint density at radius 2 is 2.11 bits per heavy atom. The zero-order chi connectivity index (χ0) is 14.5. The molecule has 0 aliphatic carbocycles. The Bertz CT molecular complexity index is 556. The second-order valence-electron chi connectivity index (χ2n) is 4.09. The van der Waals surface area contributed by atoms with Crippen LogP contribution < -0.4 is 10.5 Å². The molecule has 0 aromatic heterocycles. The van der Waals surface area contributed by atoms with Crippen molar-refractivity contribution in [1.82, 2.24) is 0 Å². The highest BCUT2D eigenvalue weighted by atomic mass is 32.2. The van der Waals surface area contributed by atoms with Crippen LogP contribution in [0.3, 0.4) is 0 Å². The van der Waals surface area contributed by atoms with Crippen LogP contribution in [0.4, 0.5) is 5.69 Å². The van der Waals surface area contributed by atoms with Crippen molar-refractivity contribution >= 4 is 15.5 Å². The normalized spacial score (nSPS) is 11.3. The smallest absolute Gasteiger partial charge is 0.270 e. The number of benzene rings is 1. The molecule has 0 bridgehead atoms. The number of hydrogen-bond donors (Lipinski definition) is 1. The number of rotatable bonds is 7. The van der Waals surface area contributed by atoms with E-state index in [-0.39, 0.29) is 24.6 Å². The molecule has 1 aromatic rings. The fourth-order valence-electron chi connectivity index (χ4n) is 1.48. The van der Waals surface area contributed by atoms with Crippen molar-refractivity contribution in [3.63, 3.8) is 0 Å². The van der Waals surface area contributed by atoms with Crippen molar-refractivity contribution < 1.29 is 18.1 Å². The first kappa shape index (κ1) is 15.4. The fraction of sp³-hybridized carbons (Fsp3) is 0.455. The van der Waals surface area contributed by atoms with E-state index in [0.717, 1.165) is 6.26 Å². The van der Waals surface area contributed by atoms with Gasteiger partial charge in [0, 0.05) is 30.5 Å². The van der Waals surface area contributed by atoms with E-state index in [4.69, 9.17) is 10.5 Å². The van der Waals surface area contributed by atoms with Crippen LogP contribution >= 0.6 is 0 Å². The second-order valence-corrected chi connectivity index (χ2v) is 6.34. The van der Waals surface area contributed by atoms with E-state index < -0.39 is 14.8 Å². The maximum Gasteiger partial charge on any atom is 0.270 e. The summed E-state index contributed by atoms with van der Waals surface area (Å²) in [7, 11) is -3.01. The summed E-state index contributed by atoms with van der Waals surface area (Å²) in [5.41, 5.74) is 5.96. The van der Waals surface area contributed by atoms with E-state index in [1.165, 1.54) is 18.2 Å². The molecule has 0 spiro atoms. The van der Waals surface area contributed by atoms with Crippen LogP contribution in [-0.2, 0) is 16.4 Å². The molecule has 0 atom stereocenters. The Hall–Kier alpha value is -1.67. The van der Waals surface area contributed by atoms with E-state index in [2.05, 4.69) is 0 Å². The summed E-state index contributed by atoms with van der Waals surface area (Å²) in [6.07, 6.45) is 1.52. The Balaban J connectivity index is 2.66. The molecule has 0 heterocycles. The molecule has 0 fully saturated rings. The van der Waals surface area contributed by atoms with Gasteiger partial charge in [-0.2, -0.15) is 0 Å². The van der Waals surface area contributed by atoms with Crippen LogP contribution in [0.1, 0.15) is 12.0 Å². The topological polar surface area (TPSA) is 113 Å². The lowest BCUT2D eigenvalue weighted by molar-refractivity contribution is -0.384. The molecule has 2 N–H and O–H groups in total. The van der Waals surface area contributed by atoms with Crippen molar-refractivity contribution in [2.24, 2.45) is 5.73 Å². The molecule has 0 aliphatic heterocycles. The van der Waals surface area contributed by atoms with Gasteiger partial charge in [-0.1, -0.05) is 0 Å². The summed E-state index contributed by atoms with van der Waals surface area (Å²) in [5.74, 6) is 0.486. The van der Waals surface area contributed by atoms with E-state index in [9.17, 15) is 18.5 Å². The summed E-state index contributed by atoms with van der Waals surface area (Å²) in [5, 5.41) is 10.6. The zero-order valence-electron chi connectivity index (χ0n) is 10.5. The lowest BCUT2D eigenvalue weighted by Gasteiger charge is -2.09. The molecule has 7 nitrogen and oxygen atoms in total. The van der Waals surface area contributed by atoms with E-state index in [1.54, 1.807) is 0 Å². The molecular formula is C11H16N2O5S. The average molecular weight is 288 g/mol. The maximum absolute atomic E-state index is 10.9. The quantitative estimate of drug-likeness (QED) is 0.452. The van der Waals surface area contributed by atoms with Crippen LogP contribution in [0.15, 0.2) is 18.2 Å². The van der Waals surface area contributed by atoms with Gasteiger partial charge in [-0.05, 0) is 12.5 Å². The van der Waals surface area contributed by atoms with Gasteiger partial charge in [-0.15, -0.1) is 0 Å². The molecule has 0 amide bonds. The maximum atomic E-state index is 10.9. The molecule has 0 saturated heterocycles. The number of ether oxygens (including phenoxy) is 1. The third-order valence-corrected chi connectivity index (χ3v) is 3.42. The van der Waals surface area contributed by atoms with Crippen LogP contribution in [0.5, 0.6) is 5.75 Å². The Labute approximate surface area is 111 Å². The molecule has 1 rings (SSSR count). The SMILES string of the molecule is CS(=O)(=O)CCCOc1ccc([N+](=O)[O-])cc1CN. The van der Waals surface area contributed by atoms with Crippen molar-refractivity contribution in [2.45, 2.75) is 13.0 Å². The molecule has 19 heavy (non-hydrogen) atoms. The van der Waals surface area contributed by atoms with E-state index in [0.29, 0.717) is 17.7 Å². The van der Waals surface area contributed by atoms with Crippen LogP contribution in [0.25, 0.3) is 0 Å². The molecule has 0 aliphatic rings. The highest BCUT2D eigenvalue weighted by Crippen LogP contribution is 2.23. The highest BCUT2D eigenvalue weighted by molar-refractivity contribution is 7.90. The third-order valence-electron chi connectivity index (χ3n) is 2.39.